The number of rotatable bonds is 10. The summed E-state index contributed by atoms with van der Waals surface area (Å²) < 4.78 is 113. The van der Waals surface area contributed by atoms with Crippen molar-refractivity contribution >= 4 is 22.6 Å². The Morgan fingerprint density at radius 3 is 2.28 bits per heavy atom. The van der Waals surface area contributed by atoms with Crippen molar-refractivity contribution in [3.05, 3.63) is 113 Å². The second-order valence-corrected chi connectivity index (χ2v) is 10.7. The molecule has 0 radical (unpaired) electrons. The van der Waals surface area contributed by atoms with Crippen molar-refractivity contribution in [3.63, 3.8) is 0 Å². The summed E-state index contributed by atoms with van der Waals surface area (Å²) in [6.45, 7) is 0.410. The van der Waals surface area contributed by atoms with Gasteiger partial charge in [0.2, 0.25) is 5.82 Å². The SMILES string of the molecule is CC(=O)c1cccc(-c2cccnc2[C@@H](CC(=O)Cn2c(C(F)(F)F)nc3ccc(OC(F)(F)F)cc32)Cc2cc(F)cc(F)c2)c1. The third kappa shape index (κ3) is 7.99. The zero-order valence-electron chi connectivity index (χ0n) is 24.3. The molecule has 0 bridgehead atoms. The molecule has 1 atom stereocenters. The smallest absolute Gasteiger partial charge is 0.406 e. The lowest BCUT2D eigenvalue weighted by molar-refractivity contribution is -0.274. The molecule has 244 valence electrons. The molecule has 2 aromatic heterocycles. The van der Waals surface area contributed by atoms with Crippen LogP contribution in [-0.2, 0) is 23.9 Å². The van der Waals surface area contributed by atoms with E-state index in [0.717, 1.165) is 24.3 Å². The quantitative estimate of drug-likeness (QED) is 0.111. The topological polar surface area (TPSA) is 74.1 Å². The Hall–Kier alpha value is -5.14. The zero-order valence-corrected chi connectivity index (χ0v) is 24.3. The molecule has 47 heavy (non-hydrogen) atoms. The van der Waals surface area contributed by atoms with E-state index in [1.54, 1.807) is 36.4 Å². The number of hydrogen-bond donors (Lipinski definition) is 0. The fourth-order valence-corrected chi connectivity index (χ4v) is 5.36. The summed E-state index contributed by atoms with van der Waals surface area (Å²) in [7, 11) is 0. The van der Waals surface area contributed by atoms with E-state index < -0.39 is 65.9 Å². The number of halogens is 8. The minimum Gasteiger partial charge on any atom is -0.406 e. The Morgan fingerprint density at radius 2 is 1.62 bits per heavy atom. The second-order valence-electron chi connectivity index (χ2n) is 10.7. The molecule has 0 spiro atoms. The van der Waals surface area contributed by atoms with Crippen LogP contribution in [0.2, 0.25) is 0 Å². The van der Waals surface area contributed by atoms with Gasteiger partial charge in [0.1, 0.15) is 17.4 Å². The minimum atomic E-state index is -5.13. The van der Waals surface area contributed by atoms with E-state index in [9.17, 15) is 44.7 Å². The van der Waals surface area contributed by atoms with Crippen molar-refractivity contribution in [2.75, 3.05) is 0 Å². The van der Waals surface area contributed by atoms with Crippen LogP contribution in [0.4, 0.5) is 35.1 Å². The average Bonchev–Trinajstić information content (AvgIpc) is 3.33. The lowest BCUT2D eigenvalue weighted by Crippen LogP contribution is -2.21. The van der Waals surface area contributed by atoms with Crippen molar-refractivity contribution < 1.29 is 49.4 Å². The van der Waals surface area contributed by atoms with Gasteiger partial charge in [-0.3, -0.25) is 14.6 Å². The highest BCUT2D eigenvalue weighted by molar-refractivity contribution is 5.95. The van der Waals surface area contributed by atoms with E-state index in [0.29, 0.717) is 33.4 Å². The molecule has 0 unspecified atom stereocenters. The van der Waals surface area contributed by atoms with E-state index in [1.165, 1.54) is 13.1 Å². The predicted molar refractivity (Wildman–Crippen MR) is 154 cm³/mol. The van der Waals surface area contributed by atoms with Crippen LogP contribution in [-0.4, -0.2) is 32.5 Å². The van der Waals surface area contributed by atoms with Gasteiger partial charge in [-0.15, -0.1) is 13.2 Å². The number of carbonyl (C=O) groups excluding carboxylic acids is 2. The number of nitrogens with zero attached hydrogens (tertiary/aromatic N) is 3. The summed E-state index contributed by atoms with van der Waals surface area (Å²) in [5.74, 6) is -6.11. The fourth-order valence-electron chi connectivity index (χ4n) is 5.36. The number of imidazole rings is 1. The van der Waals surface area contributed by atoms with Gasteiger partial charge < -0.3 is 9.30 Å². The lowest BCUT2D eigenvalue weighted by Gasteiger charge is -2.20. The number of ether oxygens (including phenoxy) is 1. The van der Waals surface area contributed by atoms with Crippen molar-refractivity contribution in [2.45, 2.75) is 44.8 Å². The van der Waals surface area contributed by atoms with E-state index in [2.05, 4.69) is 14.7 Å². The second kappa shape index (κ2) is 12.9. The number of pyridine rings is 1. The average molecular weight is 662 g/mol. The van der Waals surface area contributed by atoms with E-state index in [1.807, 2.05) is 0 Å². The summed E-state index contributed by atoms with van der Waals surface area (Å²) in [5, 5.41) is 0. The summed E-state index contributed by atoms with van der Waals surface area (Å²) in [6.07, 6.45) is -9.47. The van der Waals surface area contributed by atoms with Crippen LogP contribution in [0.15, 0.2) is 79.0 Å². The first kappa shape index (κ1) is 33.2. The van der Waals surface area contributed by atoms with Gasteiger partial charge in [0, 0.05) is 41.8 Å². The van der Waals surface area contributed by atoms with Gasteiger partial charge in [-0.05, 0) is 60.9 Å². The Kier molecular flexibility index (Phi) is 9.14. The number of benzene rings is 3. The van der Waals surface area contributed by atoms with Crippen LogP contribution < -0.4 is 4.74 Å². The predicted octanol–water partition coefficient (Wildman–Crippen LogP) is 8.48. The lowest BCUT2D eigenvalue weighted by atomic mass is 9.86. The first-order valence-corrected chi connectivity index (χ1v) is 13.9. The highest BCUT2D eigenvalue weighted by Gasteiger charge is 2.39. The van der Waals surface area contributed by atoms with Crippen LogP contribution in [0.3, 0.4) is 0 Å². The van der Waals surface area contributed by atoms with E-state index in [-0.39, 0.29) is 29.0 Å². The standard InChI is InChI=1S/C33H23F8N3O3/c1-18(45)20-4-2-5-21(13-20)27-6-3-9-42-30(27)22(10-19-11-23(34)15-24(35)12-19)14-25(46)17-44-29-16-26(47-33(39,40)41)7-8-28(29)43-31(44)32(36,37)38/h2-9,11-13,15-16,22H,10,14,17H2,1H3/t22-/m1/s1. The van der Waals surface area contributed by atoms with Crippen LogP contribution in [0, 0.1) is 11.6 Å². The Balaban J connectivity index is 1.56. The number of aromatic nitrogens is 3. The van der Waals surface area contributed by atoms with Gasteiger partial charge in [0.25, 0.3) is 0 Å². The number of ketones is 2. The molecule has 5 rings (SSSR count). The monoisotopic (exact) mass is 661 g/mol. The van der Waals surface area contributed by atoms with E-state index in [4.69, 9.17) is 0 Å². The summed E-state index contributed by atoms with van der Waals surface area (Å²) in [6, 6.07) is 14.9. The third-order valence-corrected chi connectivity index (χ3v) is 7.23. The molecule has 0 aliphatic rings. The van der Waals surface area contributed by atoms with Gasteiger partial charge in [-0.2, -0.15) is 13.2 Å². The molecular weight excluding hydrogens is 638 g/mol. The van der Waals surface area contributed by atoms with Gasteiger partial charge in [-0.25, -0.2) is 13.8 Å². The molecule has 0 fully saturated rings. The van der Waals surface area contributed by atoms with Gasteiger partial charge in [0.15, 0.2) is 11.6 Å². The maximum Gasteiger partial charge on any atom is 0.573 e. The molecule has 0 N–H and O–H groups in total. The fraction of sp³-hybridized carbons (Fsp3) is 0.212. The molecular formula is C33H23F8N3O3. The number of Topliss-reactive ketones (excluding diaryl/α,β-unsaturated/α-hetero) is 2. The van der Waals surface area contributed by atoms with Crippen molar-refractivity contribution in [2.24, 2.45) is 0 Å². The van der Waals surface area contributed by atoms with Crippen molar-refractivity contribution in [1.29, 1.82) is 0 Å². The first-order valence-electron chi connectivity index (χ1n) is 13.9. The molecule has 0 aliphatic carbocycles. The van der Waals surface area contributed by atoms with Crippen molar-refractivity contribution in [1.82, 2.24) is 14.5 Å². The summed E-state index contributed by atoms with van der Waals surface area (Å²) in [4.78, 5) is 33.6. The van der Waals surface area contributed by atoms with Gasteiger partial charge in [-0.1, -0.05) is 24.3 Å². The first-order chi connectivity index (χ1) is 22.1. The maximum atomic E-state index is 14.1. The highest BCUT2D eigenvalue weighted by atomic mass is 19.4. The Morgan fingerprint density at radius 1 is 0.894 bits per heavy atom. The zero-order chi connectivity index (χ0) is 34.1. The largest absolute Gasteiger partial charge is 0.573 e. The molecule has 5 aromatic rings. The molecule has 0 saturated heterocycles. The number of fused-ring (bicyclic) bond motifs is 1. The van der Waals surface area contributed by atoms with Crippen LogP contribution >= 0.6 is 0 Å². The van der Waals surface area contributed by atoms with Crippen LogP contribution in [0.1, 0.15) is 46.7 Å². The van der Waals surface area contributed by atoms with Crippen LogP contribution in [0.25, 0.3) is 22.2 Å². The molecule has 0 aliphatic heterocycles. The van der Waals surface area contributed by atoms with Crippen molar-refractivity contribution in [3.8, 4) is 16.9 Å². The van der Waals surface area contributed by atoms with Gasteiger partial charge in [0.05, 0.1) is 23.3 Å². The molecule has 6 nitrogen and oxygen atoms in total. The molecule has 14 heteroatoms. The minimum absolute atomic E-state index is 0.132. The molecule has 3 aromatic carbocycles. The number of hydrogen-bond acceptors (Lipinski definition) is 5. The summed E-state index contributed by atoms with van der Waals surface area (Å²) >= 11 is 0. The van der Waals surface area contributed by atoms with Crippen LogP contribution in [0.5, 0.6) is 5.75 Å². The highest BCUT2D eigenvalue weighted by Crippen LogP contribution is 2.36. The molecule has 0 saturated carbocycles. The molecule has 0 amide bonds. The normalized spacial score (nSPS) is 12.7. The molecule has 2 heterocycles. The van der Waals surface area contributed by atoms with Gasteiger partial charge >= 0.3 is 12.5 Å². The number of carbonyl (C=O) groups is 2. The number of alkyl halides is 6. The maximum absolute atomic E-state index is 14.1. The Labute approximate surface area is 261 Å². The Bertz CT molecular complexity index is 1950. The summed E-state index contributed by atoms with van der Waals surface area (Å²) in [5.41, 5.74) is 0.993. The third-order valence-electron chi connectivity index (χ3n) is 7.23. The van der Waals surface area contributed by atoms with E-state index >= 15 is 0 Å².